The van der Waals surface area contributed by atoms with Crippen LogP contribution in [0, 0.1) is 18.8 Å². The number of nitrogens with zero attached hydrogens (tertiary/aromatic N) is 1. The summed E-state index contributed by atoms with van der Waals surface area (Å²) in [5, 5.41) is 3.03. The molecule has 1 spiro atoms. The second-order valence-corrected chi connectivity index (χ2v) is 8.75. The average molecular weight is 380 g/mol. The van der Waals surface area contributed by atoms with Gasteiger partial charge in [0, 0.05) is 50.5 Å². The van der Waals surface area contributed by atoms with E-state index in [1.165, 1.54) is 5.56 Å². The number of ether oxygens (including phenoxy) is 1. The van der Waals surface area contributed by atoms with Crippen LogP contribution >= 0.6 is 0 Å². The fourth-order valence-corrected chi connectivity index (χ4v) is 5.61. The van der Waals surface area contributed by atoms with Gasteiger partial charge in [0.25, 0.3) is 0 Å². The Morgan fingerprint density at radius 1 is 1.32 bits per heavy atom. The SMILES string of the molecule is CC(=O)NC[C@H]1[C@H]2CN(Cc3cccc(-c4ccc(C)o4)c3)C[C@]23CC[C@H]1O3. The van der Waals surface area contributed by atoms with Crippen LogP contribution in [0.1, 0.15) is 31.1 Å². The fourth-order valence-electron chi connectivity index (χ4n) is 5.61. The van der Waals surface area contributed by atoms with Crippen molar-refractivity contribution < 1.29 is 13.9 Å². The molecule has 3 aliphatic rings. The summed E-state index contributed by atoms with van der Waals surface area (Å²) in [5.41, 5.74) is 2.43. The highest BCUT2D eigenvalue weighted by atomic mass is 16.5. The zero-order valence-electron chi connectivity index (χ0n) is 16.6. The Hall–Kier alpha value is -2.11. The molecule has 3 aliphatic heterocycles. The maximum atomic E-state index is 11.4. The highest BCUT2D eigenvalue weighted by molar-refractivity contribution is 5.72. The molecule has 1 aromatic heterocycles. The van der Waals surface area contributed by atoms with Crippen LogP contribution in [0.3, 0.4) is 0 Å². The molecule has 28 heavy (non-hydrogen) atoms. The van der Waals surface area contributed by atoms with Gasteiger partial charge < -0.3 is 14.5 Å². The van der Waals surface area contributed by atoms with Crippen LogP contribution in [0.25, 0.3) is 11.3 Å². The van der Waals surface area contributed by atoms with Gasteiger partial charge in [0.1, 0.15) is 11.5 Å². The van der Waals surface area contributed by atoms with Crippen molar-refractivity contribution in [2.75, 3.05) is 19.6 Å². The van der Waals surface area contributed by atoms with Crippen molar-refractivity contribution in [3.63, 3.8) is 0 Å². The van der Waals surface area contributed by atoms with E-state index in [0.29, 0.717) is 17.9 Å². The van der Waals surface area contributed by atoms with E-state index in [0.717, 1.165) is 56.1 Å². The molecule has 2 aromatic rings. The molecule has 0 radical (unpaired) electrons. The lowest BCUT2D eigenvalue weighted by atomic mass is 9.73. The van der Waals surface area contributed by atoms with Crippen LogP contribution in [-0.4, -0.2) is 42.1 Å². The van der Waals surface area contributed by atoms with E-state index in [-0.39, 0.29) is 11.5 Å². The lowest BCUT2D eigenvalue weighted by Gasteiger charge is -2.29. The van der Waals surface area contributed by atoms with Gasteiger partial charge in [0.05, 0.1) is 11.7 Å². The quantitative estimate of drug-likeness (QED) is 0.864. The van der Waals surface area contributed by atoms with Gasteiger partial charge in [-0.3, -0.25) is 9.69 Å². The van der Waals surface area contributed by atoms with Gasteiger partial charge in [-0.05, 0) is 43.5 Å². The number of benzene rings is 1. The molecule has 0 saturated carbocycles. The van der Waals surface area contributed by atoms with Crippen molar-refractivity contribution in [2.24, 2.45) is 11.8 Å². The number of carbonyl (C=O) groups is 1. The smallest absolute Gasteiger partial charge is 0.216 e. The minimum Gasteiger partial charge on any atom is -0.461 e. The number of likely N-dealkylation sites (tertiary alicyclic amines) is 1. The van der Waals surface area contributed by atoms with Gasteiger partial charge in [0.15, 0.2) is 0 Å². The maximum absolute atomic E-state index is 11.4. The van der Waals surface area contributed by atoms with Gasteiger partial charge in [-0.2, -0.15) is 0 Å². The molecule has 5 nitrogen and oxygen atoms in total. The van der Waals surface area contributed by atoms with Gasteiger partial charge in [0.2, 0.25) is 5.91 Å². The number of fused-ring (bicyclic) bond motifs is 1. The van der Waals surface area contributed by atoms with E-state index in [4.69, 9.17) is 9.15 Å². The molecule has 2 bridgehead atoms. The molecule has 5 heteroatoms. The third kappa shape index (κ3) is 3.07. The molecule has 4 heterocycles. The predicted molar refractivity (Wildman–Crippen MR) is 107 cm³/mol. The number of furan rings is 1. The Morgan fingerprint density at radius 2 is 2.21 bits per heavy atom. The Labute approximate surface area is 166 Å². The topological polar surface area (TPSA) is 54.7 Å². The normalized spacial score (nSPS) is 31.3. The zero-order chi connectivity index (χ0) is 19.3. The minimum absolute atomic E-state index is 0.00351. The number of amides is 1. The molecule has 0 unspecified atom stereocenters. The first kappa shape index (κ1) is 18.0. The number of hydrogen-bond donors (Lipinski definition) is 1. The zero-order valence-corrected chi connectivity index (χ0v) is 16.6. The van der Waals surface area contributed by atoms with Crippen LogP contribution < -0.4 is 5.32 Å². The summed E-state index contributed by atoms with van der Waals surface area (Å²) in [5.74, 6) is 2.88. The van der Waals surface area contributed by atoms with Gasteiger partial charge in [-0.25, -0.2) is 0 Å². The number of carbonyl (C=O) groups excluding carboxylic acids is 1. The highest BCUT2D eigenvalue weighted by Crippen LogP contribution is 2.54. The third-order valence-corrected chi connectivity index (χ3v) is 6.80. The highest BCUT2D eigenvalue weighted by Gasteiger charge is 2.62. The standard InChI is InChI=1S/C23H28N2O3/c1-15-6-7-21(27-15)18-5-3-4-17(10-18)12-25-13-20-19(11-24-16(2)26)22-8-9-23(20,14-25)28-22/h3-7,10,19-20,22H,8-9,11-14H2,1-2H3,(H,24,26)/t19-,20+,22+,23+/m0/s1. The third-order valence-electron chi connectivity index (χ3n) is 6.80. The molecule has 3 fully saturated rings. The van der Waals surface area contributed by atoms with Gasteiger partial charge >= 0.3 is 0 Å². The van der Waals surface area contributed by atoms with E-state index in [1.807, 2.05) is 19.1 Å². The average Bonchev–Trinajstić information content (AvgIpc) is 3.40. The molecule has 1 amide bonds. The van der Waals surface area contributed by atoms with Crippen molar-refractivity contribution >= 4 is 5.91 Å². The monoisotopic (exact) mass is 380 g/mol. The number of rotatable bonds is 5. The van der Waals surface area contributed by atoms with Crippen molar-refractivity contribution in [2.45, 2.75) is 44.9 Å². The van der Waals surface area contributed by atoms with Crippen LogP contribution in [0.15, 0.2) is 40.8 Å². The van der Waals surface area contributed by atoms with Crippen LogP contribution in [-0.2, 0) is 16.1 Å². The van der Waals surface area contributed by atoms with Crippen molar-refractivity contribution in [3.05, 3.63) is 47.7 Å². The summed E-state index contributed by atoms with van der Waals surface area (Å²) in [6.07, 6.45) is 2.60. The lowest BCUT2D eigenvalue weighted by molar-refractivity contribution is -0.119. The largest absolute Gasteiger partial charge is 0.461 e. The van der Waals surface area contributed by atoms with E-state index >= 15 is 0 Å². The fraction of sp³-hybridized carbons (Fsp3) is 0.522. The molecular weight excluding hydrogens is 352 g/mol. The molecule has 3 saturated heterocycles. The van der Waals surface area contributed by atoms with Crippen LogP contribution in [0.5, 0.6) is 0 Å². The molecule has 0 aliphatic carbocycles. The first-order chi connectivity index (χ1) is 13.5. The van der Waals surface area contributed by atoms with Gasteiger partial charge in [-0.15, -0.1) is 0 Å². The Bertz CT molecular complexity index is 891. The van der Waals surface area contributed by atoms with E-state index in [1.54, 1.807) is 6.92 Å². The van der Waals surface area contributed by atoms with Crippen LogP contribution in [0.2, 0.25) is 0 Å². The van der Waals surface area contributed by atoms with Crippen molar-refractivity contribution in [1.29, 1.82) is 0 Å². The summed E-state index contributed by atoms with van der Waals surface area (Å²) in [4.78, 5) is 13.9. The summed E-state index contributed by atoms with van der Waals surface area (Å²) >= 11 is 0. The van der Waals surface area contributed by atoms with Crippen molar-refractivity contribution in [3.8, 4) is 11.3 Å². The summed E-state index contributed by atoms with van der Waals surface area (Å²) < 4.78 is 12.3. The van der Waals surface area contributed by atoms with Crippen LogP contribution in [0.4, 0.5) is 0 Å². The summed E-state index contributed by atoms with van der Waals surface area (Å²) in [6, 6.07) is 12.7. The number of hydrogen-bond acceptors (Lipinski definition) is 4. The second kappa shape index (κ2) is 6.75. The van der Waals surface area contributed by atoms with E-state index in [2.05, 4.69) is 34.5 Å². The van der Waals surface area contributed by atoms with Gasteiger partial charge in [-0.1, -0.05) is 18.2 Å². The summed E-state index contributed by atoms with van der Waals surface area (Å²) in [7, 11) is 0. The molecule has 4 atom stereocenters. The lowest BCUT2D eigenvalue weighted by Crippen LogP contribution is -2.41. The minimum atomic E-state index is 0.00351. The first-order valence-corrected chi connectivity index (χ1v) is 10.3. The second-order valence-electron chi connectivity index (χ2n) is 8.75. The number of nitrogens with one attached hydrogen (secondary N) is 1. The first-order valence-electron chi connectivity index (χ1n) is 10.3. The number of aryl methyl sites for hydroxylation is 1. The molecule has 1 aromatic carbocycles. The molecule has 148 valence electrons. The maximum Gasteiger partial charge on any atom is 0.216 e. The molecule has 1 N–H and O–H groups in total. The summed E-state index contributed by atoms with van der Waals surface area (Å²) in [6.45, 7) is 7.28. The van der Waals surface area contributed by atoms with Crippen molar-refractivity contribution in [1.82, 2.24) is 10.2 Å². The predicted octanol–water partition coefficient (Wildman–Crippen LogP) is 3.37. The Balaban J connectivity index is 1.30. The Morgan fingerprint density at radius 3 is 3.00 bits per heavy atom. The molecular formula is C23H28N2O3. The molecule has 5 rings (SSSR count). The Kier molecular flexibility index (Phi) is 4.33. The van der Waals surface area contributed by atoms with E-state index < -0.39 is 0 Å². The van der Waals surface area contributed by atoms with E-state index in [9.17, 15) is 4.79 Å².